The maximum absolute atomic E-state index is 14.7. The van der Waals surface area contributed by atoms with Crippen LogP contribution >= 0.6 is 0 Å². The number of amides is 1. The average molecular weight is 516 g/mol. The Morgan fingerprint density at radius 1 is 1.05 bits per heavy atom. The van der Waals surface area contributed by atoms with Gasteiger partial charge < -0.3 is 16.0 Å². The number of carbonyl (C=O) groups excluding carboxylic acids is 1. The third-order valence-electron chi connectivity index (χ3n) is 4.88. The Balaban J connectivity index is 1.79. The third-order valence-corrected chi connectivity index (χ3v) is 4.88. The van der Waals surface area contributed by atoms with Gasteiger partial charge in [-0.15, -0.1) is 0 Å². The first-order valence-corrected chi connectivity index (χ1v) is 10.4. The van der Waals surface area contributed by atoms with Gasteiger partial charge in [0.2, 0.25) is 17.8 Å². The minimum atomic E-state index is -5.01. The molecule has 0 saturated heterocycles. The number of aryl methyl sites for hydroxylation is 1. The second kappa shape index (κ2) is 10.0. The predicted octanol–water partition coefficient (Wildman–Crippen LogP) is 5.18. The highest BCUT2D eigenvalue weighted by Gasteiger charge is 2.35. The molecule has 0 fully saturated rings. The lowest BCUT2D eigenvalue weighted by molar-refractivity contribution is -0.140. The first-order valence-electron chi connectivity index (χ1n) is 10.4. The van der Waals surface area contributed by atoms with Gasteiger partial charge in [-0.1, -0.05) is 6.58 Å². The highest BCUT2D eigenvalue weighted by Crippen LogP contribution is 2.36. The van der Waals surface area contributed by atoms with Gasteiger partial charge in [0.1, 0.15) is 17.2 Å². The second-order valence-electron chi connectivity index (χ2n) is 7.56. The molecule has 3 aromatic heterocycles. The molecular weight excluding hydrogens is 499 g/mol. The number of aromatic nitrogens is 5. The summed E-state index contributed by atoms with van der Waals surface area (Å²) >= 11 is 0. The third kappa shape index (κ3) is 5.86. The first-order chi connectivity index (χ1) is 17.5. The van der Waals surface area contributed by atoms with Crippen LogP contribution in [0, 0.1) is 11.8 Å². The number of halogens is 5. The number of rotatable bonds is 7. The summed E-state index contributed by atoms with van der Waals surface area (Å²) in [7, 11) is 1.68. The Kier molecular flexibility index (Phi) is 6.82. The molecule has 14 heteroatoms. The van der Waals surface area contributed by atoms with E-state index in [9.17, 15) is 26.7 Å². The molecule has 0 spiro atoms. The van der Waals surface area contributed by atoms with Crippen LogP contribution in [0.15, 0.2) is 61.7 Å². The molecule has 9 nitrogen and oxygen atoms in total. The minimum Gasteiger partial charge on any atom is -0.337 e. The normalized spacial score (nSPS) is 11.2. The highest BCUT2D eigenvalue weighted by atomic mass is 19.4. The van der Waals surface area contributed by atoms with Crippen LogP contribution in [0.2, 0.25) is 0 Å². The second-order valence-corrected chi connectivity index (χ2v) is 7.56. The standard InChI is InChI=1S/C23H17F5N8O/c1-3-19(37)32-13-4-5-17(24)18(7-13)34-21-15(12-6-16(23(26,27)28)20(25)29-8-12)10-30-22(35-21)33-14-9-31-36(2)11-14/h3-11H,1H2,2H3,(H,32,37)(H2,30,33,34,35). The van der Waals surface area contributed by atoms with Crippen LogP contribution in [0.3, 0.4) is 0 Å². The van der Waals surface area contributed by atoms with E-state index in [0.29, 0.717) is 11.8 Å². The van der Waals surface area contributed by atoms with Gasteiger partial charge in [-0.25, -0.2) is 14.4 Å². The molecule has 0 radical (unpaired) electrons. The molecule has 0 saturated carbocycles. The largest absolute Gasteiger partial charge is 0.420 e. The highest BCUT2D eigenvalue weighted by molar-refractivity contribution is 5.99. The van der Waals surface area contributed by atoms with Crippen molar-refractivity contribution in [1.82, 2.24) is 24.7 Å². The molecule has 0 unspecified atom stereocenters. The van der Waals surface area contributed by atoms with Crippen molar-refractivity contribution in [2.45, 2.75) is 6.18 Å². The fourth-order valence-electron chi connectivity index (χ4n) is 3.18. The summed E-state index contributed by atoms with van der Waals surface area (Å²) in [6.45, 7) is 3.34. The van der Waals surface area contributed by atoms with Gasteiger partial charge >= 0.3 is 6.18 Å². The number of benzene rings is 1. The summed E-state index contributed by atoms with van der Waals surface area (Å²) in [6.07, 6.45) is 1.16. The van der Waals surface area contributed by atoms with E-state index in [4.69, 9.17) is 0 Å². The zero-order valence-electron chi connectivity index (χ0n) is 18.9. The molecule has 4 aromatic rings. The van der Waals surface area contributed by atoms with E-state index in [1.807, 2.05) is 0 Å². The summed E-state index contributed by atoms with van der Waals surface area (Å²) in [5.74, 6) is -3.12. The van der Waals surface area contributed by atoms with Gasteiger partial charge in [0.15, 0.2) is 0 Å². The maximum Gasteiger partial charge on any atom is 0.420 e. The van der Waals surface area contributed by atoms with E-state index in [1.165, 1.54) is 29.2 Å². The molecule has 3 heterocycles. The van der Waals surface area contributed by atoms with Gasteiger partial charge in [0, 0.05) is 42.5 Å². The van der Waals surface area contributed by atoms with Crippen LogP contribution in [0.4, 0.5) is 50.8 Å². The molecule has 1 aromatic carbocycles. The van der Waals surface area contributed by atoms with E-state index >= 15 is 0 Å². The Labute approximate surface area is 206 Å². The fraction of sp³-hybridized carbons (Fsp3) is 0.0870. The number of anilines is 5. The average Bonchev–Trinajstić information content (AvgIpc) is 3.25. The SMILES string of the molecule is C=CC(=O)Nc1ccc(F)c(Nc2nc(Nc3cnn(C)c3)ncc2-c2cnc(F)c(C(F)(F)F)c2)c1. The van der Waals surface area contributed by atoms with Crippen molar-refractivity contribution in [2.75, 3.05) is 16.0 Å². The lowest BCUT2D eigenvalue weighted by atomic mass is 10.1. The molecule has 0 bridgehead atoms. The molecule has 0 aliphatic carbocycles. The van der Waals surface area contributed by atoms with E-state index in [1.54, 1.807) is 13.2 Å². The van der Waals surface area contributed by atoms with Gasteiger partial charge in [0.05, 0.1) is 17.6 Å². The molecule has 0 aliphatic heterocycles. The Hall–Kier alpha value is -4.88. The Morgan fingerprint density at radius 3 is 2.51 bits per heavy atom. The first kappa shape index (κ1) is 25.2. The lowest BCUT2D eigenvalue weighted by Crippen LogP contribution is -2.10. The Bertz CT molecular complexity index is 1480. The zero-order chi connectivity index (χ0) is 26.7. The van der Waals surface area contributed by atoms with E-state index < -0.39 is 29.4 Å². The monoisotopic (exact) mass is 516 g/mol. The van der Waals surface area contributed by atoms with Gasteiger partial charge in [0.25, 0.3) is 0 Å². The van der Waals surface area contributed by atoms with Crippen LogP contribution in [0.1, 0.15) is 5.56 Å². The molecule has 0 atom stereocenters. The number of nitrogens with zero attached hydrogens (tertiary/aromatic N) is 5. The van der Waals surface area contributed by atoms with E-state index in [2.05, 4.69) is 42.6 Å². The quantitative estimate of drug-likeness (QED) is 0.176. The lowest BCUT2D eigenvalue weighted by Gasteiger charge is -2.15. The number of pyridine rings is 1. The predicted molar refractivity (Wildman–Crippen MR) is 125 cm³/mol. The van der Waals surface area contributed by atoms with Gasteiger partial charge in [-0.2, -0.15) is 27.6 Å². The van der Waals surface area contributed by atoms with Crippen LogP contribution in [-0.4, -0.2) is 30.6 Å². The molecule has 37 heavy (non-hydrogen) atoms. The number of hydrogen-bond acceptors (Lipinski definition) is 7. The number of carbonyl (C=O) groups is 1. The van der Waals surface area contributed by atoms with Crippen molar-refractivity contribution in [1.29, 1.82) is 0 Å². The van der Waals surface area contributed by atoms with Crippen LogP contribution in [0.25, 0.3) is 11.1 Å². The van der Waals surface area contributed by atoms with Crippen molar-refractivity contribution in [3.8, 4) is 11.1 Å². The summed E-state index contributed by atoms with van der Waals surface area (Å²) in [5.41, 5.74) is -1.25. The smallest absolute Gasteiger partial charge is 0.337 e. The zero-order valence-corrected chi connectivity index (χ0v) is 18.9. The summed E-state index contributed by atoms with van der Waals surface area (Å²) in [4.78, 5) is 23.2. The maximum atomic E-state index is 14.7. The van der Waals surface area contributed by atoms with Crippen molar-refractivity contribution in [3.63, 3.8) is 0 Å². The minimum absolute atomic E-state index is 0.00175. The van der Waals surface area contributed by atoms with Gasteiger partial charge in [-0.05, 0) is 30.3 Å². The molecule has 1 amide bonds. The molecule has 190 valence electrons. The summed E-state index contributed by atoms with van der Waals surface area (Å²) in [6, 6.07) is 4.17. The van der Waals surface area contributed by atoms with Crippen molar-refractivity contribution in [2.24, 2.45) is 7.05 Å². The van der Waals surface area contributed by atoms with Crippen LogP contribution in [0.5, 0.6) is 0 Å². The van der Waals surface area contributed by atoms with Gasteiger partial charge in [-0.3, -0.25) is 9.48 Å². The van der Waals surface area contributed by atoms with E-state index in [-0.39, 0.29) is 34.3 Å². The fourth-order valence-corrected chi connectivity index (χ4v) is 3.18. The molecular formula is C23H17F5N8O. The van der Waals surface area contributed by atoms with Crippen molar-refractivity contribution < 1.29 is 26.7 Å². The molecule has 4 rings (SSSR count). The number of hydrogen-bond donors (Lipinski definition) is 3. The summed E-state index contributed by atoms with van der Waals surface area (Å²) < 4.78 is 69.8. The van der Waals surface area contributed by atoms with Crippen LogP contribution in [-0.2, 0) is 18.0 Å². The van der Waals surface area contributed by atoms with Crippen molar-refractivity contribution >= 4 is 34.7 Å². The Morgan fingerprint density at radius 2 is 1.84 bits per heavy atom. The topological polar surface area (TPSA) is 110 Å². The number of nitrogens with one attached hydrogen (secondary N) is 3. The van der Waals surface area contributed by atoms with Crippen LogP contribution < -0.4 is 16.0 Å². The van der Waals surface area contributed by atoms with Crippen molar-refractivity contribution in [3.05, 3.63) is 79.0 Å². The summed E-state index contributed by atoms with van der Waals surface area (Å²) in [5, 5.41) is 12.1. The molecule has 0 aliphatic rings. The molecule has 3 N–H and O–H groups in total. The number of alkyl halides is 3. The van der Waals surface area contributed by atoms with E-state index in [0.717, 1.165) is 18.3 Å².